The molecule has 0 amide bonds. The highest BCUT2D eigenvalue weighted by atomic mass is 19.4. The summed E-state index contributed by atoms with van der Waals surface area (Å²) in [7, 11) is 1.37. The summed E-state index contributed by atoms with van der Waals surface area (Å²) in [5.74, 6) is 0.223. The molecule has 0 spiro atoms. The summed E-state index contributed by atoms with van der Waals surface area (Å²) in [6.45, 7) is 0. The quantitative estimate of drug-likeness (QED) is 0.907. The lowest BCUT2D eigenvalue weighted by Gasteiger charge is -2.12. The fourth-order valence-corrected chi connectivity index (χ4v) is 1.63. The molecular weight excluding hydrogens is 259 g/mol. The SMILES string of the molecule is COc1ccc(C(F)(F)F)cc1-c1ccc(O)cn1. The number of alkyl halides is 3. The minimum atomic E-state index is -4.43. The van der Waals surface area contributed by atoms with Crippen molar-refractivity contribution in [2.24, 2.45) is 0 Å². The van der Waals surface area contributed by atoms with E-state index in [2.05, 4.69) is 4.98 Å². The van der Waals surface area contributed by atoms with Crippen LogP contribution in [0.4, 0.5) is 13.2 Å². The van der Waals surface area contributed by atoms with Crippen molar-refractivity contribution >= 4 is 0 Å². The van der Waals surface area contributed by atoms with Crippen LogP contribution >= 0.6 is 0 Å². The lowest BCUT2D eigenvalue weighted by Crippen LogP contribution is -2.05. The van der Waals surface area contributed by atoms with Crippen LogP contribution in [-0.4, -0.2) is 17.2 Å². The monoisotopic (exact) mass is 269 g/mol. The lowest BCUT2D eigenvalue weighted by molar-refractivity contribution is -0.137. The van der Waals surface area contributed by atoms with E-state index in [0.717, 1.165) is 18.3 Å². The molecule has 0 saturated heterocycles. The van der Waals surface area contributed by atoms with Gasteiger partial charge in [-0.3, -0.25) is 4.98 Å². The fraction of sp³-hybridized carbons (Fsp3) is 0.154. The van der Waals surface area contributed by atoms with Gasteiger partial charge in [0.2, 0.25) is 0 Å². The third kappa shape index (κ3) is 2.78. The van der Waals surface area contributed by atoms with Crippen molar-refractivity contribution in [1.82, 2.24) is 4.98 Å². The normalized spacial score (nSPS) is 11.4. The molecule has 0 atom stereocenters. The minimum Gasteiger partial charge on any atom is -0.506 e. The second-order valence-corrected chi connectivity index (χ2v) is 3.81. The molecule has 1 N–H and O–H groups in total. The molecule has 2 rings (SSSR count). The third-order valence-corrected chi connectivity index (χ3v) is 2.55. The van der Waals surface area contributed by atoms with E-state index in [0.29, 0.717) is 5.69 Å². The van der Waals surface area contributed by atoms with Gasteiger partial charge in [-0.25, -0.2) is 0 Å². The second-order valence-electron chi connectivity index (χ2n) is 3.81. The third-order valence-electron chi connectivity index (χ3n) is 2.55. The number of benzene rings is 1. The average molecular weight is 269 g/mol. The van der Waals surface area contributed by atoms with Gasteiger partial charge in [0, 0.05) is 5.56 Å². The van der Waals surface area contributed by atoms with Gasteiger partial charge in [0.05, 0.1) is 24.6 Å². The molecule has 0 fully saturated rings. The second kappa shape index (κ2) is 4.79. The zero-order chi connectivity index (χ0) is 14.0. The molecule has 0 aliphatic heterocycles. The first-order valence-electron chi connectivity index (χ1n) is 5.32. The number of hydrogen-bond donors (Lipinski definition) is 1. The molecule has 1 aromatic heterocycles. The smallest absolute Gasteiger partial charge is 0.416 e. The molecule has 2 aromatic rings. The number of methoxy groups -OCH3 is 1. The fourth-order valence-electron chi connectivity index (χ4n) is 1.63. The first-order chi connectivity index (χ1) is 8.91. The topological polar surface area (TPSA) is 42.4 Å². The maximum Gasteiger partial charge on any atom is 0.416 e. The summed E-state index contributed by atoms with van der Waals surface area (Å²) in [5.41, 5.74) is -0.267. The van der Waals surface area contributed by atoms with E-state index in [1.54, 1.807) is 0 Å². The van der Waals surface area contributed by atoms with Gasteiger partial charge >= 0.3 is 6.18 Å². The van der Waals surface area contributed by atoms with E-state index in [1.807, 2.05) is 0 Å². The Kier molecular flexibility index (Phi) is 3.33. The zero-order valence-corrected chi connectivity index (χ0v) is 9.90. The Morgan fingerprint density at radius 1 is 1.16 bits per heavy atom. The van der Waals surface area contributed by atoms with Crippen LogP contribution in [0.25, 0.3) is 11.3 Å². The minimum absolute atomic E-state index is 0.0605. The molecule has 3 nitrogen and oxygen atoms in total. The molecule has 0 aliphatic rings. The van der Waals surface area contributed by atoms with Crippen LogP contribution in [0.3, 0.4) is 0 Å². The lowest BCUT2D eigenvalue weighted by atomic mass is 10.1. The maximum absolute atomic E-state index is 12.7. The molecule has 0 unspecified atom stereocenters. The summed E-state index contributed by atoms with van der Waals surface area (Å²) in [6.07, 6.45) is -3.27. The summed E-state index contributed by atoms with van der Waals surface area (Å²) < 4.78 is 43.1. The van der Waals surface area contributed by atoms with Gasteiger partial charge in [-0.05, 0) is 30.3 Å². The summed E-state index contributed by atoms with van der Waals surface area (Å²) in [5, 5.41) is 9.14. The first kappa shape index (κ1) is 13.2. The number of nitrogens with zero attached hydrogens (tertiary/aromatic N) is 1. The summed E-state index contributed by atoms with van der Waals surface area (Å²) in [6, 6.07) is 5.93. The highest BCUT2D eigenvalue weighted by Crippen LogP contribution is 2.36. The van der Waals surface area contributed by atoms with Gasteiger partial charge in [-0.1, -0.05) is 0 Å². The molecule has 1 heterocycles. The molecule has 1 aromatic carbocycles. The first-order valence-corrected chi connectivity index (χ1v) is 5.32. The van der Waals surface area contributed by atoms with Crippen molar-refractivity contribution in [3.05, 3.63) is 42.1 Å². The Morgan fingerprint density at radius 2 is 1.89 bits per heavy atom. The largest absolute Gasteiger partial charge is 0.506 e. The Bertz CT molecular complexity index is 579. The molecule has 0 radical (unpaired) electrons. The molecule has 0 aliphatic carbocycles. The number of hydrogen-bond acceptors (Lipinski definition) is 3. The van der Waals surface area contributed by atoms with Crippen LogP contribution in [0.5, 0.6) is 11.5 Å². The number of halogens is 3. The van der Waals surface area contributed by atoms with E-state index < -0.39 is 11.7 Å². The van der Waals surface area contributed by atoms with Crippen LogP contribution in [0.1, 0.15) is 5.56 Å². The van der Waals surface area contributed by atoms with Crippen molar-refractivity contribution in [2.75, 3.05) is 7.11 Å². The molecule has 6 heteroatoms. The standard InChI is InChI=1S/C13H10F3NO2/c1-19-12-5-2-8(13(14,15)16)6-10(12)11-4-3-9(18)7-17-11/h2-7,18H,1H3. The number of aromatic nitrogens is 1. The van der Waals surface area contributed by atoms with Gasteiger partial charge in [-0.15, -0.1) is 0 Å². The maximum atomic E-state index is 12.7. The van der Waals surface area contributed by atoms with Crippen LogP contribution in [0, 0.1) is 0 Å². The van der Waals surface area contributed by atoms with Crippen molar-refractivity contribution in [3.8, 4) is 22.8 Å². The number of rotatable bonds is 2. The van der Waals surface area contributed by atoms with Crippen molar-refractivity contribution in [1.29, 1.82) is 0 Å². The van der Waals surface area contributed by atoms with E-state index in [-0.39, 0.29) is 17.1 Å². The molecule has 0 saturated carbocycles. The van der Waals surface area contributed by atoms with Gasteiger partial charge in [-0.2, -0.15) is 13.2 Å². The Balaban J connectivity index is 2.56. The van der Waals surface area contributed by atoms with Crippen molar-refractivity contribution < 1.29 is 23.0 Å². The van der Waals surface area contributed by atoms with Crippen LogP contribution in [-0.2, 0) is 6.18 Å². The number of pyridine rings is 1. The Labute approximate surface area is 107 Å². The predicted molar refractivity (Wildman–Crippen MR) is 62.9 cm³/mol. The van der Waals surface area contributed by atoms with Gasteiger partial charge in [0.15, 0.2) is 0 Å². The highest BCUT2D eigenvalue weighted by Gasteiger charge is 2.31. The molecule has 19 heavy (non-hydrogen) atoms. The Morgan fingerprint density at radius 3 is 2.42 bits per heavy atom. The van der Waals surface area contributed by atoms with Crippen LogP contribution < -0.4 is 4.74 Å². The van der Waals surface area contributed by atoms with E-state index >= 15 is 0 Å². The molecule has 0 bridgehead atoms. The van der Waals surface area contributed by atoms with E-state index in [9.17, 15) is 13.2 Å². The van der Waals surface area contributed by atoms with Gasteiger partial charge in [0.1, 0.15) is 11.5 Å². The van der Waals surface area contributed by atoms with Gasteiger partial charge < -0.3 is 9.84 Å². The van der Waals surface area contributed by atoms with Crippen LogP contribution in [0.15, 0.2) is 36.5 Å². The number of ether oxygens (including phenoxy) is 1. The van der Waals surface area contributed by atoms with E-state index in [1.165, 1.54) is 25.3 Å². The Hall–Kier alpha value is -2.24. The zero-order valence-electron chi connectivity index (χ0n) is 9.90. The predicted octanol–water partition coefficient (Wildman–Crippen LogP) is 3.48. The van der Waals surface area contributed by atoms with Crippen molar-refractivity contribution in [2.45, 2.75) is 6.18 Å². The van der Waals surface area contributed by atoms with Crippen molar-refractivity contribution in [3.63, 3.8) is 0 Å². The molecular formula is C13H10F3NO2. The molecule has 100 valence electrons. The highest BCUT2D eigenvalue weighted by molar-refractivity contribution is 5.68. The summed E-state index contributed by atoms with van der Waals surface area (Å²) >= 11 is 0. The number of aromatic hydroxyl groups is 1. The van der Waals surface area contributed by atoms with E-state index in [4.69, 9.17) is 9.84 Å². The average Bonchev–Trinajstić information content (AvgIpc) is 2.38. The van der Waals surface area contributed by atoms with Gasteiger partial charge in [0.25, 0.3) is 0 Å². The summed E-state index contributed by atoms with van der Waals surface area (Å²) in [4.78, 5) is 3.88. The van der Waals surface area contributed by atoms with Crippen LogP contribution in [0.2, 0.25) is 0 Å².